The number of hydrogen-bond acceptors (Lipinski definition) is 2. The van der Waals surface area contributed by atoms with Crippen LogP contribution >= 0.6 is 0 Å². The van der Waals surface area contributed by atoms with Crippen LogP contribution in [0.5, 0.6) is 0 Å². The molecular formula is C14H31NO. The number of rotatable bonds is 11. The fourth-order valence-corrected chi connectivity index (χ4v) is 1.80. The lowest BCUT2D eigenvalue weighted by Crippen LogP contribution is -2.30. The molecule has 0 aromatic heterocycles. The molecule has 0 bridgehead atoms. The van der Waals surface area contributed by atoms with Gasteiger partial charge < -0.3 is 10.1 Å². The van der Waals surface area contributed by atoms with Crippen molar-refractivity contribution < 1.29 is 4.74 Å². The van der Waals surface area contributed by atoms with Gasteiger partial charge in [0.05, 0.1) is 6.10 Å². The zero-order chi connectivity index (χ0) is 12.2. The molecule has 0 saturated heterocycles. The number of likely N-dealkylation sites (N-methyl/N-ethyl adjacent to an activating group) is 1. The summed E-state index contributed by atoms with van der Waals surface area (Å²) in [6.45, 7) is 11.9. The molecule has 0 aliphatic carbocycles. The van der Waals surface area contributed by atoms with Gasteiger partial charge in [0.2, 0.25) is 0 Å². The van der Waals surface area contributed by atoms with E-state index in [2.05, 4.69) is 33.0 Å². The Labute approximate surface area is 102 Å². The highest BCUT2D eigenvalue weighted by molar-refractivity contribution is 4.62. The molecule has 2 atom stereocenters. The van der Waals surface area contributed by atoms with Gasteiger partial charge in [0.25, 0.3) is 0 Å². The lowest BCUT2D eigenvalue weighted by Gasteiger charge is -2.21. The molecule has 16 heavy (non-hydrogen) atoms. The average Bonchev–Trinajstić information content (AvgIpc) is 2.33. The van der Waals surface area contributed by atoms with Crippen LogP contribution < -0.4 is 5.32 Å². The van der Waals surface area contributed by atoms with Crippen molar-refractivity contribution >= 4 is 0 Å². The minimum Gasteiger partial charge on any atom is -0.377 e. The third-order valence-corrected chi connectivity index (χ3v) is 3.19. The molecule has 0 radical (unpaired) electrons. The number of nitrogens with one attached hydrogen (secondary N) is 1. The van der Waals surface area contributed by atoms with Crippen LogP contribution in [0.25, 0.3) is 0 Å². The van der Waals surface area contributed by atoms with E-state index in [4.69, 9.17) is 4.74 Å². The normalized spacial score (nSPS) is 15.0. The topological polar surface area (TPSA) is 21.3 Å². The smallest absolute Gasteiger partial charge is 0.0696 e. The second-order valence-corrected chi connectivity index (χ2v) is 4.59. The first-order valence-electron chi connectivity index (χ1n) is 7.10. The third kappa shape index (κ3) is 8.12. The van der Waals surface area contributed by atoms with E-state index in [-0.39, 0.29) is 0 Å². The van der Waals surface area contributed by atoms with E-state index in [0.29, 0.717) is 6.10 Å². The molecule has 1 N–H and O–H groups in total. The van der Waals surface area contributed by atoms with Crippen molar-refractivity contribution in [1.29, 1.82) is 0 Å². The Morgan fingerprint density at radius 1 is 1.06 bits per heavy atom. The zero-order valence-corrected chi connectivity index (χ0v) is 11.7. The maximum atomic E-state index is 5.98. The molecule has 98 valence electrons. The van der Waals surface area contributed by atoms with Crippen LogP contribution in [0.3, 0.4) is 0 Å². The van der Waals surface area contributed by atoms with E-state index in [1.54, 1.807) is 0 Å². The van der Waals surface area contributed by atoms with Gasteiger partial charge in [-0.2, -0.15) is 0 Å². The van der Waals surface area contributed by atoms with E-state index < -0.39 is 0 Å². The first-order chi connectivity index (χ1) is 7.78. The van der Waals surface area contributed by atoms with Crippen LogP contribution in [-0.2, 0) is 4.74 Å². The molecule has 2 unspecified atom stereocenters. The quantitative estimate of drug-likeness (QED) is 0.584. The molecule has 0 aromatic carbocycles. The van der Waals surface area contributed by atoms with Gasteiger partial charge >= 0.3 is 0 Å². The van der Waals surface area contributed by atoms with Crippen molar-refractivity contribution in [2.75, 3.05) is 19.7 Å². The summed E-state index contributed by atoms with van der Waals surface area (Å²) in [6.07, 6.45) is 6.71. The van der Waals surface area contributed by atoms with Crippen molar-refractivity contribution in [3.8, 4) is 0 Å². The summed E-state index contributed by atoms with van der Waals surface area (Å²) in [4.78, 5) is 0. The van der Waals surface area contributed by atoms with E-state index in [0.717, 1.165) is 32.0 Å². The summed E-state index contributed by atoms with van der Waals surface area (Å²) in [5, 5.41) is 3.36. The van der Waals surface area contributed by atoms with Gasteiger partial charge in [-0.3, -0.25) is 0 Å². The van der Waals surface area contributed by atoms with E-state index >= 15 is 0 Å². The molecule has 0 saturated carbocycles. The Morgan fingerprint density at radius 3 is 2.31 bits per heavy atom. The Kier molecular flexibility index (Phi) is 11.3. The van der Waals surface area contributed by atoms with Crippen LogP contribution in [0.15, 0.2) is 0 Å². The molecule has 0 fully saturated rings. The molecule has 0 aliphatic rings. The highest BCUT2D eigenvalue weighted by Crippen LogP contribution is 2.14. The standard InChI is InChI=1S/C14H31NO/c1-5-9-10-13(6-2)12-16-14(7-3)11-15-8-4/h13-15H,5-12H2,1-4H3. The van der Waals surface area contributed by atoms with Crippen LogP contribution in [0.1, 0.15) is 59.8 Å². The molecule has 0 aromatic rings. The molecule has 0 aliphatic heterocycles. The SMILES string of the molecule is CCCCC(CC)COC(CC)CNCC. The van der Waals surface area contributed by atoms with Gasteiger partial charge in [0.1, 0.15) is 0 Å². The van der Waals surface area contributed by atoms with Crippen molar-refractivity contribution in [2.45, 2.75) is 65.9 Å². The Balaban J connectivity index is 3.69. The van der Waals surface area contributed by atoms with Crippen LogP contribution in [0.4, 0.5) is 0 Å². The first-order valence-corrected chi connectivity index (χ1v) is 7.10. The van der Waals surface area contributed by atoms with E-state index in [1.807, 2.05) is 0 Å². The largest absolute Gasteiger partial charge is 0.377 e. The number of unbranched alkanes of at least 4 members (excludes halogenated alkanes) is 1. The van der Waals surface area contributed by atoms with Gasteiger partial charge in [-0.25, -0.2) is 0 Å². The lowest BCUT2D eigenvalue weighted by atomic mass is 10.0. The molecule has 0 spiro atoms. The summed E-state index contributed by atoms with van der Waals surface area (Å²) in [7, 11) is 0. The van der Waals surface area contributed by atoms with Gasteiger partial charge in [0.15, 0.2) is 0 Å². The summed E-state index contributed by atoms with van der Waals surface area (Å²) in [6, 6.07) is 0. The molecule has 0 heterocycles. The van der Waals surface area contributed by atoms with Crippen LogP contribution in [0, 0.1) is 5.92 Å². The highest BCUT2D eigenvalue weighted by atomic mass is 16.5. The van der Waals surface area contributed by atoms with E-state index in [9.17, 15) is 0 Å². The van der Waals surface area contributed by atoms with Crippen molar-refractivity contribution in [1.82, 2.24) is 5.32 Å². The Bertz CT molecular complexity index is 123. The van der Waals surface area contributed by atoms with Crippen LogP contribution in [0.2, 0.25) is 0 Å². The summed E-state index contributed by atoms with van der Waals surface area (Å²) < 4.78 is 5.98. The Hall–Kier alpha value is -0.0800. The highest BCUT2D eigenvalue weighted by Gasteiger charge is 2.10. The fourth-order valence-electron chi connectivity index (χ4n) is 1.80. The van der Waals surface area contributed by atoms with Gasteiger partial charge in [0, 0.05) is 13.2 Å². The summed E-state index contributed by atoms with van der Waals surface area (Å²) in [5.74, 6) is 0.760. The predicted octanol–water partition coefficient (Wildman–Crippen LogP) is 3.61. The molecular weight excluding hydrogens is 198 g/mol. The van der Waals surface area contributed by atoms with Gasteiger partial charge in [-0.05, 0) is 25.3 Å². The zero-order valence-electron chi connectivity index (χ0n) is 11.7. The average molecular weight is 229 g/mol. The molecule has 0 rings (SSSR count). The van der Waals surface area contributed by atoms with Crippen molar-refractivity contribution in [2.24, 2.45) is 5.92 Å². The third-order valence-electron chi connectivity index (χ3n) is 3.19. The maximum absolute atomic E-state index is 5.98. The minimum absolute atomic E-state index is 0.399. The van der Waals surface area contributed by atoms with E-state index in [1.165, 1.54) is 25.7 Å². The molecule has 0 amide bonds. The fraction of sp³-hybridized carbons (Fsp3) is 1.00. The summed E-state index contributed by atoms with van der Waals surface area (Å²) >= 11 is 0. The first kappa shape index (κ1) is 15.9. The second-order valence-electron chi connectivity index (χ2n) is 4.59. The molecule has 2 heteroatoms. The van der Waals surface area contributed by atoms with Crippen molar-refractivity contribution in [3.05, 3.63) is 0 Å². The van der Waals surface area contributed by atoms with Crippen LogP contribution in [-0.4, -0.2) is 25.8 Å². The Morgan fingerprint density at radius 2 is 1.81 bits per heavy atom. The lowest BCUT2D eigenvalue weighted by molar-refractivity contribution is 0.0244. The minimum atomic E-state index is 0.399. The van der Waals surface area contributed by atoms with Crippen molar-refractivity contribution in [3.63, 3.8) is 0 Å². The van der Waals surface area contributed by atoms with Gasteiger partial charge in [-0.1, -0.05) is 47.0 Å². The number of hydrogen-bond donors (Lipinski definition) is 1. The van der Waals surface area contributed by atoms with Gasteiger partial charge in [-0.15, -0.1) is 0 Å². The summed E-state index contributed by atoms with van der Waals surface area (Å²) in [5.41, 5.74) is 0. The second kappa shape index (κ2) is 11.4. The monoisotopic (exact) mass is 229 g/mol. The molecule has 2 nitrogen and oxygen atoms in total. The maximum Gasteiger partial charge on any atom is 0.0696 e. The predicted molar refractivity (Wildman–Crippen MR) is 71.9 cm³/mol. The number of ether oxygens (including phenoxy) is 1.